The fourth-order valence-corrected chi connectivity index (χ4v) is 1.64. The molecule has 0 saturated carbocycles. The van der Waals surface area contributed by atoms with Crippen molar-refractivity contribution in [2.24, 2.45) is 0 Å². The van der Waals surface area contributed by atoms with Crippen LogP contribution in [0, 0.1) is 11.3 Å². The highest BCUT2D eigenvalue weighted by Gasteiger charge is 2.13. The van der Waals surface area contributed by atoms with E-state index in [2.05, 4.69) is 4.98 Å². The van der Waals surface area contributed by atoms with E-state index in [1.54, 1.807) is 30.3 Å². The summed E-state index contributed by atoms with van der Waals surface area (Å²) in [7, 11) is 1.37. The van der Waals surface area contributed by atoms with Gasteiger partial charge in [-0.15, -0.1) is 0 Å². The first-order valence-electron chi connectivity index (χ1n) is 5.44. The molecule has 0 aliphatic rings. The zero-order chi connectivity index (χ0) is 13.8. The molecule has 1 N–H and O–H groups in total. The molecular formula is C14H10N2O3. The lowest BCUT2D eigenvalue weighted by molar-refractivity contribution is 0.0692. The fraction of sp³-hybridized carbons (Fsp3) is 0.0714. The highest BCUT2D eigenvalue weighted by atomic mass is 16.5. The van der Waals surface area contributed by atoms with Gasteiger partial charge in [0.25, 0.3) is 0 Å². The number of carboxylic acids is 1. The summed E-state index contributed by atoms with van der Waals surface area (Å²) in [4.78, 5) is 15.1. The molecule has 0 aliphatic heterocycles. The predicted molar refractivity (Wildman–Crippen MR) is 67.9 cm³/mol. The highest BCUT2D eigenvalue weighted by Crippen LogP contribution is 2.23. The largest absolute Gasteiger partial charge is 0.480 e. The van der Waals surface area contributed by atoms with Gasteiger partial charge in [-0.3, -0.25) is 0 Å². The molecular weight excluding hydrogens is 244 g/mol. The summed E-state index contributed by atoms with van der Waals surface area (Å²) < 4.78 is 4.97. The van der Waals surface area contributed by atoms with Crippen molar-refractivity contribution >= 4 is 5.97 Å². The lowest BCUT2D eigenvalue weighted by Crippen LogP contribution is -2.02. The van der Waals surface area contributed by atoms with Crippen LogP contribution < -0.4 is 4.74 Å². The number of benzene rings is 1. The Morgan fingerprint density at radius 3 is 2.47 bits per heavy atom. The minimum Gasteiger partial charge on any atom is -0.480 e. The third-order valence-corrected chi connectivity index (χ3v) is 2.59. The van der Waals surface area contributed by atoms with Gasteiger partial charge in [0, 0.05) is 5.56 Å². The number of carboxylic acid groups (broad SMARTS) is 1. The van der Waals surface area contributed by atoms with Gasteiger partial charge in [-0.2, -0.15) is 5.26 Å². The van der Waals surface area contributed by atoms with E-state index in [1.807, 2.05) is 6.07 Å². The molecule has 0 atom stereocenters. The molecule has 2 aromatic rings. The molecule has 0 saturated heterocycles. The van der Waals surface area contributed by atoms with Gasteiger partial charge in [-0.1, -0.05) is 12.1 Å². The molecule has 0 fully saturated rings. The van der Waals surface area contributed by atoms with Crippen molar-refractivity contribution in [1.29, 1.82) is 5.26 Å². The SMILES string of the molecule is COc1nc(-c2ccc(C#N)cc2)ccc1C(=O)O. The molecule has 0 radical (unpaired) electrons. The van der Waals surface area contributed by atoms with E-state index in [-0.39, 0.29) is 11.4 Å². The number of rotatable bonds is 3. The van der Waals surface area contributed by atoms with Gasteiger partial charge < -0.3 is 9.84 Å². The zero-order valence-electron chi connectivity index (χ0n) is 10.1. The quantitative estimate of drug-likeness (QED) is 0.908. The van der Waals surface area contributed by atoms with Crippen LogP contribution in [0.5, 0.6) is 5.88 Å². The Bertz CT molecular complexity index is 657. The van der Waals surface area contributed by atoms with Gasteiger partial charge >= 0.3 is 5.97 Å². The number of ether oxygens (including phenoxy) is 1. The van der Waals surface area contributed by atoms with E-state index in [0.717, 1.165) is 5.56 Å². The van der Waals surface area contributed by atoms with Crippen molar-refractivity contribution < 1.29 is 14.6 Å². The van der Waals surface area contributed by atoms with Crippen molar-refractivity contribution in [2.75, 3.05) is 7.11 Å². The van der Waals surface area contributed by atoms with E-state index < -0.39 is 5.97 Å². The summed E-state index contributed by atoms with van der Waals surface area (Å²) in [6.45, 7) is 0. The summed E-state index contributed by atoms with van der Waals surface area (Å²) in [5.41, 5.74) is 1.94. The lowest BCUT2D eigenvalue weighted by atomic mass is 10.1. The first-order valence-corrected chi connectivity index (χ1v) is 5.44. The Labute approximate surface area is 109 Å². The molecule has 0 aliphatic carbocycles. The number of hydrogen-bond acceptors (Lipinski definition) is 4. The van der Waals surface area contributed by atoms with Gasteiger partial charge in [-0.25, -0.2) is 9.78 Å². The second-order valence-corrected chi connectivity index (χ2v) is 3.75. The number of nitrogens with zero attached hydrogens (tertiary/aromatic N) is 2. The Hall–Kier alpha value is -2.87. The number of aromatic nitrogens is 1. The molecule has 19 heavy (non-hydrogen) atoms. The standard InChI is InChI=1S/C14H10N2O3/c1-19-13-11(14(17)18)6-7-12(16-13)10-4-2-9(8-15)3-5-10/h2-7H,1H3,(H,17,18). The van der Waals surface area contributed by atoms with Crippen LogP contribution in [-0.4, -0.2) is 23.2 Å². The maximum absolute atomic E-state index is 11.0. The van der Waals surface area contributed by atoms with Crippen LogP contribution in [0.15, 0.2) is 36.4 Å². The molecule has 94 valence electrons. The molecule has 1 aromatic carbocycles. The van der Waals surface area contributed by atoms with E-state index >= 15 is 0 Å². The molecule has 0 unspecified atom stereocenters. The molecule has 0 spiro atoms. The fourth-order valence-electron chi connectivity index (χ4n) is 1.64. The first kappa shape index (κ1) is 12.6. The predicted octanol–water partition coefficient (Wildman–Crippen LogP) is 2.33. The minimum atomic E-state index is -1.09. The summed E-state index contributed by atoms with van der Waals surface area (Å²) in [6, 6.07) is 11.9. The van der Waals surface area contributed by atoms with Crippen molar-refractivity contribution in [2.45, 2.75) is 0 Å². The molecule has 5 nitrogen and oxygen atoms in total. The number of carbonyl (C=O) groups is 1. The number of methoxy groups -OCH3 is 1. The normalized spacial score (nSPS) is 9.68. The summed E-state index contributed by atoms with van der Waals surface area (Å²) in [5.74, 6) is -1.02. The van der Waals surface area contributed by atoms with Crippen LogP contribution in [0.4, 0.5) is 0 Å². The van der Waals surface area contributed by atoms with E-state index in [0.29, 0.717) is 11.3 Å². The minimum absolute atomic E-state index is 0.0138. The van der Waals surface area contributed by atoms with Gasteiger partial charge in [0.2, 0.25) is 5.88 Å². The van der Waals surface area contributed by atoms with Gasteiger partial charge in [-0.05, 0) is 24.3 Å². The average molecular weight is 254 g/mol. The summed E-state index contributed by atoms with van der Waals surface area (Å²) >= 11 is 0. The maximum Gasteiger partial charge on any atom is 0.341 e. The highest BCUT2D eigenvalue weighted by molar-refractivity contribution is 5.90. The van der Waals surface area contributed by atoms with Crippen LogP contribution in [0.3, 0.4) is 0 Å². The van der Waals surface area contributed by atoms with Crippen molar-refractivity contribution in [3.63, 3.8) is 0 Å². The Morgan fingerprint density at radius 1 is 1.26 bits per heavy atom. The third-order valence-electron chi connectivity index (χ3n) is 2.59. The monoisotopic (exact) mass is 254 g/mol. The van der Waals surface area contributed by atoms with Crippen LogP contribution in [-0.2, 0) is 0 Å². The van der Waals surface area contributed by atoms with Crippen LogP contribution >= 0.6 is 0 Å². The van der Waals surface area contributed by atoms with Crippen molar-refractivity contribution in [1.82, 2.24) is 4.98 Å². The molecule has 1 aromatic heterocycles. The molecule has 0 amide bonds. The van der Waals surface area contributed by atoms with Crippen LogP contribution in [0.1, 0.15) is 15.9 Å². The smallest absolute Gasteiger partial charge is 0.341 e. The first-order chi connectivity index (χ1) is 9.15. The van der Waals surface area contributed by atoms with Crippen LogP contribution in [0.25, 0.3) is 11.3 Å². The van der Waals surface area contributed by atoms with E-state index in [9.17, 15) is 4.79 Å². The third kappa shape index (κ3) is 2.53. The Kier molecular flexibility index (Phi) is 3.44. The Balaban J connectivity index is 2.45. The second-order valence-electron chi connectivity index (χ2n) is 3.75. The van der Waals surface area contributed by atoms with E-state index in [1.165, 1.54) is 13.2 Å². The summed E-state index contributed by atoms with van der Waals surface area (Å²) in [6.07, 6.45) is 0. The lowest BCUT2D eigenvalue weighted by Gasteiger charge is -2.06. The molecule has 2 rings (SSSR count). The van der Waals surface area contributed by atoms with Gasteiger partial charge in [0.1, 0.15) is 5.56 Å². The molecule has 1 heterocycles. The Morgan fingerprint density at radius 2 is 1.95 bits per heavy atom. The maximum atomic E-state index is 11.0. The van der Waals surface area contributed by atoms with Crippen LogP contribution in [0.2, 0.25) is 0 Å². The van der Waals surface area contributed by atoms with Crippen molar-refractivity contribution in [3.8, 4) is 23.2 Å². The second kappa shape index (κ2) is 5.19. The number of hydrogen-bond donors (Lipinski definition) is 1. The molecule has 0 bridgehead atoms. The number of nitriles is 1. The summed E-state index contributed by atoms with van der Waals surface area (Å²) in [5, 5.41) is 17.7. The van der Waals surface area contributed by atoms with Gasteiger partial charge in [0.05, 0.1) is 24.4 Å². The van der Waals surface area contributed by atoms with E-state index in [4.69, 9.17) is 15.1 Å². The topological polar surface area (TPSA) is 83.2 Å². The zero-order valence-corrected chi connectivity index (χ0v) is 10.1. The number of aromatic carboxylic acids is 1. The van der Waals surface area contributed by atoms with Gasteiger partial charge in [0.15, 0.2) is 0 Å². The number of pyridine rings is 1. The molecule has 5 heteroatoms. The van der Waals surface area contributed by atoms with Crippen molar-refractivity contribution in [3.05, 3.63) is 47.5 Å². The average Bonchev–Trinajstić information content (AvgIpc) is 2.46.